The number of anilines is 2. The molecule has 0 aliphatic rings. The first kappa shape index (κ1) is 18.3. The van der Waals surface area contributed by atoms with E-state index in [1.165, 1.54) is 36.5 Å². The molecule has 0 bridgehead atoms. The molecule has 27 heavy (non-hydrogen) atoms. The minimum Gasteiger partial charge on any atom is -0.322 e. The number of hydrogen-bond donors (Lipinski definition) is 2. The van der Waals surface area contributed by atoms with Gasteiger partial charge in [-0.15, -0.1) is 0 Å². The highest BCUT2D eigenvalue weighted by atomic mass is 19.1. The molecule has 2 aromatic carbocycles. The first-order chi connectivity index (χ1) is 12.9. The van der Waals surface area contributed by atoms with Crippen molar-refractivity contribution in [2.45, 2.75) is 13.8 Å². The molecule has 136 valence electrons. The van der Waals surface area contributed by atoms with Crippen LogP contribution in [0.15, 0.2) is 60.8 Å². The molecule has 0 atom stereocenters. The smallest absolute Gasteiger partial charge is 0.274 e. The minimum absolute atomic E-state index is 0.112. The van der Waals surface area contributed by atoms with Gasteiger partial charge in [-0.1, -0.05) is 12.1 Å². The fourth-order valence-corrected chi connectivity index (χ4v) is 2.71. The molecule has 2 amide bonds. The number of aryl methyl sites for hydroxylation is 2. The largest absolute Gasteiger partial charge is 0.322 e. The second-order valence-electron chi connectivity index (χ2n) is 6.22. The maximum Gasteiger partial charge on any atom is 0.274 e. The second-order valence-corrected chi connectivity index (χ2v) is 6.22. The van der Waals surface area contributed by atoms with E-state index >= 15 is 0 Å². The fraction of sp³-hybridized carbons (Fsp3) is 0.0952. The van der Waals surface area contributed by atoms with Crippen molar-refractivity contribution >= 4 is 23.2 Å². The molecule has 1 heterocycles. The third-order valence-corrected chi connectivity index (χ3v) is 3.82. The van der Waals surface area contributed by atoms with E-state index in [1.54, 1.807) is 6.07 Å². The van der Waals surface area contributed by atoms with Gasteiger partial charge in [0.15, 0.2) is 0 Å². The van der Waals surface area contributed by atoms with Gasteiger partial charge < -0.3 is 10.6 Å². The summed E-state index contributed by atoms with van der Waals surface area (Å²) in [7, 11) is 0. The molecule has 0 saturated heterocycles. The predicted octanol–water partition coefficient (Wildman–Crippen LogP) is 4.34. The monoisotopic (exact) mass is 363 g/mol. The van der Waals surface area contributed by atoms with Gasteiger partial charge in [0.2, 0.25) is 0 Å². The average molecular weight is 363 g/mol. The van der Waals surface area contributed by atoms with E-state index in [0.717, 1.165) is 11.1 Å². The van der Waals surface area contributed by atoms with E-state index in [9.17, 15) is 14.0 Å². The van der Waals surface area contributed by atoms with Crippen LogP contribution in [-0.4, -0.2) is 16.8 Å². The van der Waals surface area contributed by atoms with Gasteiger partial charge in [-0.3, -0.25) is 14.6 Å². The Labute approximate surface area is 156 Å². The quantitative estimate of drug-likeness (QED) is 0.724. The molecule has 0 aliphatic carbocycles. The van der Waals surface area contributed by atoms with Crippen LogP contribution in [0.2, 0.25) is 0 Å². The summed E-state index contributed by atoms with van der Waals surface area (Å²) in [6.07, 6.45) is 1.39. The summed E-state index contributed by atoms with van der Waals surface area (Å²) in [5, 5.41) is 5.37. The molecular weight excluding hydrogens is 345 g/mol. The number of nitrogens with zero attached hydrogens (tertiary/aromatic N) is 1. The standard InChI is InChI=1S/C21H18FN3O2/c1-13-8-14(2)10-18(9-13)25-21(27)19-11-15(6-7-23-19)20(26)24-17-5-3-4-16(22)12-17/h3-12H,1-2H3,(H,24,26)(H,25,27). The van der Waals surface area contributed by atoms with Crippen LogP contribution < -0.4 is 10.6 Å². The van der Waals surface area contributed by atoms with Gasteiger partial charge >= 0.3 is 0 Å². The zero-order chi connectivity index (χ0) is 19.4. The molecule has 0 unspecified atom stereocenters. The van der Waals surface area contributed by atoms with Crippen LogP contribution in [0.5, 0.6) is 0 Å². The Morgan fingerprint density at radius 3 is 2.26 bits per heavy atom. The summed E-state index contributed by atoms with van der Waals surface area (Å²) in [4.78, 5) is 28.8. The number of rotatable bonds is 4. The lowest BCUT2D eigenvalue weighted by Gasteiger charge is -2.09. The van der Waals surface area contributed by atoms with Crippen molar-refractivity contribution in [3.8, 4) is 0 Å². The highest BCUT2D eigenvalue weighted by Crippen LogP contribution is 2.16. The predicted molar refractivity (Wildman–Crippen MR) is 102 cm³/mol. The Hall–Kier alpha value is -3.54. The Bertz CT molecular complexity index is 998. The molecule has 5 nitrogen and oxygen atoms in total. The highest BCUT2D eigenvalue weighted by molar-refractivity contribution is 6.07. The van der Waals surface area contributed by atoms with Crippen molar-refractivity contribution < 1.29 is 14.0 Å². The third kappa shape index (κ3) is 4.76. The van der Waals surface area contributed by atoms with Crippen molar-refractivity contribution in [3.63, 3.8) is 0 Å². The number of benzene rings is 2. The summed E-state index contributed by atoms with van der Waals surface area (Å²) in [6.45, 7) is 3.89. The number of nitrogens with one attached hydrogen (secondary N) is 2. The first-order valence-corrected chi connectivity index (χ1v) is 8.33. The topological polar surface area (TPSA) is 71.1 Å². The normalized spacial score (nSPS) is 10.3. The molecule has 0 spiro atoms. The summed E-state index contributed by atoms with van der Waals surface area (Å²) >= 11 is 0. The summed E-state index contributed by atoms with van der Waals surface area (Å²) in [5.41, 5.74) is 3.41. The van der Waals surface area contributed by atoms with E-state index in [0.29, 0.717) is 11.4 Å². The lowest BCUT2D eigenvalue weighted by atomic mass is 10.1. The van der Waals surface area contributed by atoms with Gasteiger partial charge in [-0.05, 0) is 67.4 Å². The number of carbonyl (C=O) groups is 2. The Kier molecular flexibility index (Phi) is 5.26. The number of aromatic nitrogens is 1. The molecule has 0 aliphatic heterocycles. The summed E-state index contributed by atoms with van der Waals surface area (Å²) < 4.78 is 13.2. The van der Waals surface area contributed by atoms with Gasteiger partial charge in [-0.25, -0.2) is 4.39 Å². The minimum atomic E-state index is -0.455. The van der Waals surface area contributed by atoms with Crippen LogP contribution in [0.1, 0.15) is 32.0 Å². The fourth-order valence-electron chi connectivity index (χ4n) is 2.71. The van der Waals surface area contributed by atoms with Crippen LogP contribution in [0.25, 0.3) is 0 Å². The molecule has 2 N–H and O–H groups in total. The van der Waals surface area contributed by atoms with E-state index in [1.807, 2.05) is 32.0 Å². The van der Waals surface area contributed by atoms with Crippen LogP contribution in [0.3, 0.4) is 0 Å². The van der Waals surface area contributed by atoms with Crippen molar-refractivity contribution in [2.24, 2.45) is 0 Å². The lowest BCUT2D eigenvalue weighted by Crippen LogP contribution is -2.17. The average Bonchev–Trinajstić information content (AvgIpc) is 2.61. The van der Waals surface area contributed by atoms with Crippen LogP contribution >= 0.6 is 0 Å². The van der Waals surface area contributed by atoms with Gasteiger partial charge in [-0.2, -0.15) is 0 Å². The van der Waals surface area contributed by atoms with Crippen LogP contribution in [0, 0.1) is 19.7 Å². The van der Waals surface area contributed by atoms with E-state index in [2.05, 4.69) is 15.6 Å². The molecule has 0 fully saturated rings. The number of pyridine rings is 1. The van der Waals surface area contributed by atoms with Crippen molar-refractivity contribution in [1.29, 1.82) is 0 Å². The maximum absolute atomic E-state index is 13.2. The van der Waals surface area contributed by atoms with E-state index < -0.39 is 17.6 Å². The maximum atomic E-state index is 13.2. The van der Waals surface area contributed by atoms with Gasteiger partial charge in [0.05, 0.1) is 0 Å². The Morgan fingerprint density at radius 2 is 1.56 bits per heavy atom. The molecular formula is C21H18FN3O2. The number of carbonyl (C=O) groups excluding carboxylic acids is 2. The Morgan fingerprint density at radius 1 is 0.852 bits per heavy atom. The molecule has 3 aromatic rings. The van der Waals surface area contributed by atoms with E-state index in [-0.39, 0.29) is 11.3 Å². The first-order valence-electron chi connectivity index (χ1n) is 8.33. The second kappa shape index (κ2) is 7.78. The third-order valence-electron chi connectivity index (χ3n) is 3.82. The molecule has 0 radical (unpaired) electrons. The van der Waals surface area contributed by atoms with Gasteiger partial charge in [0.1, 0.15) is 11.5 Å². The molecule has 3 rings (SSSR count). The van der Waals surface area contributed by atoms with Crippen molar-refractivity contribution in [2.75, 3.05) is 10.6 Å². The molecule has 6 heteroatoms. The number of amides is 2. The highest BCUT2D eigenvalue weighted by Gasteiger charge is 2.13. The SMILES string of the molecule is Cc1cc(C)cc(NC(=O)c2cc(C(=O)Nc3cccc(F)c3)ccn2)c1. The molecule has 1 aromatic heterocycles. The van der Waals surface area contributed by atoms with Gasteiger partial charge in [0.25, 0.3) is 11.8 Å². The van der Waals surface area contributed by atoms with Gasteiger partial charge in [0, 0.05) is 23.1 Å². The zero-order valence-corrected chi connectivity index (χ0v) is 14.9. The lowest BCUT2D eigenvalue weighted by molar-refractivity contribution is 0.102. The zero-order valence-electron chi connectivity index (χ0n) is 14.9. The van der Waals surface area contributed by atoms with E-state index in [4.69, 9.17) is 0 Å². The van der Waals surface area contributed by atoms with Crippen molar-refractivity contribution in [3.05, 3.63) is 89.0 Å². The number of halogens is 1. The summed E-state index contributed by atoms with van der Waals surface area (Å²) in [5.74, 6) is -1.32. The summed E-state index contributed by atoms with van der Waals surface area (Å²) in [6, 6.07) is 14.2. The van der Waals surface area contributed by atoms with Crippen molar-refractivity contribution in [1.82, 2.24) is 4.98 Å². The number of hydrogen-bond acceptors (Lipinski definition) is 3. The van der Waals surface area contributed by atoms with Crippen LogP contribution in [-0.2, 0) is 0 Å². The Balaban J connectivity index is 1.76. The molecule has 0 saturated carbocycles. The van der Waals surface area contributed by atoms with Crippen LogP contribution in [0.4, 0.5) is 15.8 Å².